The summed E-state index contributed by atoms with van der Waals surface area (Å²) in [6.45, 7) is 5.23. The number of hydrogen-bond acceptors (Lipinski definition) is 10. The van der Waals surface area contributed by atoms with Crippen molar-refractivity contribution in [3.8, 4) is 29.0 Å². The zero-order chi connectivity index (χ0) is 26.0. The van der Waals surface area contributed by atoms with Crippen LogP contribution < -0.4 is 9.47 Å². The first-order valence-corrected chi connectivity index (χ1v) is 13.0. The molecule has 0 spiro atoms. The van der Waals surface area contributed by atoms with Crippen molar-refractivity contribution in [3.63, 3.8) is 0 Å². The lowest BCUT2D eigenvalue weighted by Gasteiger charge is -2.20. The summed E-state index contributed by atoms with van der Waals surface area (Å²) in [5.74, 6) is 0.861. The topological polar surface area (TPSA) is 135 Å². The number of pyridine rings is 1. The van der Waals surface area contributed by atoms with Crippen molar-refractivity contribution in [2.24, 2.45) is 0 Å². The van der Waals surface area contributed by atoms with Crippen molar-refractivity contribution in [3.05, 3.63) is 59.1 Å². The monoisotopic (exact) mass is 532 g/mol. The van der Waals surface area contributed by atoms with Crippen LogP contribution in [0.25, 0.3) is 17.3 Å². The van der Waals surface area contributed by atoms with Gasteiger partial charge in [-0.05, 0) is 38.1 Å². The summed E-state index contributed by atoms with van der Waals surface area (Å²) >= 11 is 5.94. The van der Waals surface area contributed by atoms with Crippen molar-refractivity contribution >= 4 is 21.4 Å². The molecule has 0 bridgehead atoms. The van der Waals surface area contributed by atoms with Crippen LogP contribution in [0.5, 0.6) is 11.8 Å². The van der Waals surface area contributed by atoms with Crippen molar-refractivity contribution in [1.29, 1.82) is 0 Å². The van der Waals surface area contributed by atoms with Gasteiger partial charge >= 0.3 is 0 Å². The minimum atomic E-state index is -3.75. The molecule has 11 nitrogen and oxygen atoms in total. The van der Waals surface area contributed by atoms with Gasteiger partial charge in [0.05, 0.1) is 24.5 Å². The maximum absolute atomic E-state index is 13.6. The fraction of sp³-hybridized carbons (Fsp3) is 0.348. The Morgan fingerprint density at radius 1 is 1.03 bits per heavy atom. The summed E-state index contributed by atoms with van der Waals surface area (Å²) in [4.78, 5) is 12.6. The minimum Gasteiger partial charge on any atom is -0.479 e. The predicted octanol–water partition coefficient (Wildman–Crippen LogP) is 3.80. The highest BCUT2D eigenvalue weighted by Gasteiger charge is 2.33. The molecule has 190 valence electrons. The fourth-order valence-electron chi connectivity index (χ4n) is 3.72. The van der Waals surface area contributed by atoms with Crippen molar-refractivity contribution in [1.82, 2.24) is 29.7 Å². The van der Waals surface area contributed by atoms with E-state index in [0.717, 1.165) is 0 Å². The van der Waals surface area contributed by atoms with Gasteiger partial charge in [0, 0.05) is 17.8 Å². The Labute approximate surface area is 213 Å². The smallest absolute Gasteiger partial charge is 0.245 e. The molecule has 2 atom stereocenters. The number of nitrogens with zero attached hydrogens (tertiary/aromatic N) is 6. The van der Waals surface area contributed by atoms with Gasteiger partial charge < -0.3 is 13.9 Å². The SMILES string of the molecule is COc1ncnc(OC)c1-n1c(CS(=O)(=O)[C@@H](C)[C@H](C)c2ccc(Cl)cn2)nnc1-c1ccc(C)o1. The van der Waals surface area contributed by atoms with Crippen molar-refractivity contribution < 1.29 is 22.3 Å². The van der Waals surface area contributed by atoms with Gasteiger partial charge in [-0.2, -0.15) is 9.97 Å². The van der Waals surface area contributed by atoms with E-state index in [1.165, 1.54) is 31.3 Å². The predicted molar refractivity (Wildman–Crippen MR) is 132 cm³/mol. The molecule has 0 saturated carbocycles. The number of sulfone groups is 1. The number of hydrogen-bond donors (Lipinski definition) is 0. The molecule has 0 radical (unpaired) electrons. The Hall–Kier alpha value is -3.51. The van der Waals surface area contributed by atoms with Crippen LogP contribution in [0.1, 0.15) is 37.0 Å². The Morgan fingerprint density at radius 2 is 1.72 bits per heavy atom. The van der Waals surface area contributed by atoms with Crippen LogP contribution in [0.2, 0.25) is 5.02 Å². The molecule has 0 unspecified atom stereocenters. The number of ether oxygens (including phenoxy) is 2. The van der Waals surface area contributed by atoms with E-state index in [1.54, 1.807) is 45.0 Å². The van der Waals surface area contributed by atoms with E-state index < -0.39 is 26.8 Å². The van der Waals surface area contributed by atoms with Crippen LogP contribution in [0.4, 0.5) is 0 Å². The summed E-state index contributed by atoms with van der Waals surface area (Å²) in [6.07, 6.45) is 2.77. The molecule has 4 rings (SSSR count). The van der Waals surface area contributed by atoms with Gasteiger partial charge in [-0.1, -0.05) is 18.5 Å². The van der Waals surface area contributed by atoms with Crippen LogP contribution in [-0.4, -0.2) is 57.6 Å². The number of furan rings is 1. The number of aromatic nitrogens is 6. The van der Waals surface area contributed by atoms with Gasteiger partial charge in [0.2, 0.25) is 17.6 Å². The van der Waals surface area contributed by atoms with E-state index in [1.807, 2.05) is 0 Å². The molecular formula is C23H25ClN6O5S. The largest absolute Gasteiger partial charge is 0.479 e. The molecule has 4 aromatic heterocycles. The third-order valence-electron chi connectivity index (χ3n) is 5.87. The molecule has 36 heavy (non-hydrogen) atoms. The highest BCUT2D eigenvalue weighted by Crippen LogP contribution is 2.35. The van der Waals surface area contributed by atoms with Gasteiger partial charge in [-0.25, -0.2) is 8.42 Å². The van der Waals surface area contributed by atoms with Crippen LogP contribution in [0.3, 0.4) is 0 Å². The normalized spacial score (nSPS) is 13.4. The molecule has 0 saturated heterocycles. The molecule has 4 aromatic rings. The Kier molecular flexibility index (Phi) is 7.27. The van der Waals surface area contributed by atoms with Gasteiger partial charge in [0.1, 0.15) is 17.8 Å². The van der Waals surface area contributed by atoms with Crippen molar-refractivity contribution in [2.45, 2.75) is 37.7 Å². The number of rotatable bonds is 9. The molecule has 4 heterocycles. The van der Waals surface area contributed by atoms with Crippen LogP contribution in [0.15, 0.2) is 41.2 Å². The van der Waals surface area contributed by atoms with Crippen LogP contribution in [-0.2, 0) is 15.6 Å². The van der Waals surface area contributed by atoms with E-state index in [2.05, 4.69) is 25.1 Å². The Balaban J connectivity index is 1.81. The number of halogens is 1. The highest BCUT2D eigenvalue weighted by molar-refractivity contribution is 7.91. The lowest BCUT2D eigenvalue weighted by atomic mass is 10.0. The standard InChI is InChI=1S/C23H25ClN6O5S/c1-13-6-9-18(35-13)21-29-28-19(30(21)20-22(33-4)26-12-27-23(20)34-5)11-36(31,32)15(3)14(2)17-8-7-16(24)10-25-17/h6-10,12,14-15H,11H2,1-5H3/t14-,15-/m0/s1. The average molecular weight is 533 g/mol. The molecular weight excluding hydrogens is 508 g/mol. The minimum absolute atomic E-state index is 0.119. The Bertz CT molecular complexity index is 1450. The molecule has 0 aliphatic carbocycles. The van der Waals surface area contributed by atoms with Gasteiger partial charge in [-0.15, -0.1) is 10.2 Å². The second-order valence-corrected chi connectivity index (χ2v) is 10.9. The van der Waals surface area contributed by atoms with Gasteiger partial charge in [0.25, 0.3) is 0 Å². The molecule has 0 aliphatic heterocycles. The summed E-state index contributed by atoms with van der Waals surface area (Å²) in [5, 5.41) is 8.14. The zero-order valence-electron chi connectivity index (χ0n) is 20.3. The quantitative estimate of drug-likeness (QED) is 0.313. The number of methoxy groups -OCH3 is 2. The number of aryl methyl sites for hydroxylation is 1. The highest BCUT2D eigenvalue weighted by atomic mass is 35.5. The second kappa shape index (κ2) is 10.2. The molecule has 0 aliphatic rings. The summed E-state index contributed by atoms with van der Waals surface area (Å²) in [7, 11) is -0.881. The first kappa shape index (κ1) is 25.6. The average Bonchev–Trinajstić information content (AvgIpc) is 3.48. The van der Waals surface area contributed by atoms with E-state index in [-0.39, 0.29) is 29.1 Å². The molecule has 13 heteroatoms. The molecule has 0 fully saturated rings. The molecule has 0 aromatic carbocycles. The fourth-order valence-corrected chi connectivity index (χ4v) is 5.40. The van der Waals surface area contributed by atoms with Gasteiger partial charge in [-0.3, -0.25) is 9.55 Å². The summed E-state index contributed by atoms with van der Waals surface area (Å²) in [5.41, 5.74) is 0.866. The first-order chi connectivity index (χ1) is 17.2. The molecule has 0 amide bonds. The second-order valence-electron chi connectivity index (χ2n) is 8.13. The van der Waals surface area contributed by atoms with Gasteiger partial charge in [0.15, 0.2) is 27.1 Å². The zero-order valence-corrected chi connectivity index (χ0v) is 21.9. The van der Waals surface area contributed by atoms with E-state index in [9.17, 15) is 8.42 Å². The molecule has 0 N–H and O–H groups in total. The lowest BCUT2D eigenvalue weighted by molar-refractivity contribution is 0.368. The van der Waals surface area contributed by atoms with E-state index >= 15 is 0 Å². The van der Waals surface area contributed by atoms with E-state index in [0.29, 0.717) is 22.2 Å². The third kappa shape index (κ3) is 4.91. The summed E-state index contributed by atoms with van der Waals surface area (Å²) < 4.78 is 45.3. The summed E-state index contributed by atoms with van der Waals surface area (Å²) in [6, 6.07) is 6.88. The van der Waals surface area contributed by atoms with Crippen LogP contribution >= 0.6 is 11.6 Å². The third-order valence-corrected chi connectivity index (χ3v) is 8.30. The van der Waals surface area contributed by atoms with E-state index in [4.69, 9.17) is 25.5 Å². The van der Waals surface area contributed by atoms with Crippen LogP contribution in [0, 0.1) is 6.92 Å². The first-order valence-electron chi connectivity index (χ1n) is 10.9. The maximum Gasteiger partial charge on any atom is 0.245 e. The maximum atomic E-state index is 13.6. The Morgan fingerprint density at radius 3 is 2.28 bits per heavy atom. The lowest BCUT2D eigenvalue weighted by Crippen LogP contribution is -2.27. The van der Waals surface area contributed by atoms with Crippen molar-refractivity contribution in [2.75, 3.05) is 14.2 Å².